The molecule has 0 saturated carbocycles. The second kappa shape index (κ2) is 10.9. The van der Waals surface area contributed by atoms with Crippen LogP contribution in [0.5, 0.6) is 0 Å². The van der Waals surface area contributed by atoms with Crippen molar-refractivity contribution in [1.82, 2.24) is 10.6 Å². The summed E-state index contributed by atoms with van der Waals surface area (Å²) in [7, 11) is 0. The standard InChI is InChI=1S/C9H17NO.C9H15NO/c2*1-5-6-7-8(11)10-9(2,3)4/h5H,1,6-7H2,2-4H3,(H,10,11);1H,6-7H2,2-4H3,(H,10,11). The van der Waals surface area contributed by atoms with Crippen molar-refractivity contribution in [3.05, 3.63) is 12.7 Å². The molecular formula is C18H32N2O2. The quantitative estimate of drug-likeness (QED) is 0.605. The van der Waals surface area contributed by atoms with E-state index in [1.807, 2.05) is 41.5 Å². The van der Waals surface area contributed by atoms with E-state index in [9.17, 15) is 9.59 Å². The summed E-state index contributed by atoms with van der Waals surface area (Å²) in [6.45, 7) is 15.3. The van der Waals surface area contributed by atoms with Crippen molar-refractivity contribution in [2.24, 2.45) is 0 Å². The first-order chi connectivity index (χ1) is 9.91. The minimum absolute atomic E-state index is 0.0236. The average Bonchev–Trinajstić information content (AvgIpc) is 2.30. The third kappa shape index (κ3) is 20.6. The molecule has 0 heterocycles. The second-order valence-electron chi connectivity index (χ2n) is 7.13. The van der Waals surface area contributed by atoms with Gasteiger partial charge >= 0.3 is 0 Å². The van der Waals surface area contributed by atoms with Crippen LogP contribution in [0.25, 0.3) is 0 Å². The maximum absolute atomic E-state index is 11.1. The topological polar surface area (TPSA) is 58.2 Å². The number of hydrogen-bond donors (Lipinski definition) is 2. The van der Waals surface area contributed by atoms with E-state index in [1.54, 1.807) is 6.08 Å². The Labute approximate surface area is 136 Å². The van der Waals surface area contributed by atoms with Gasteiger partial charge in [0, 0.05) is 30.3 Å². The number of rotatable bonds is 5. The van der Waals surface area contributed by atoms with Crippen molar-refractivity contribution in [2.45, 2.75) is 78.3 Å². The van der Waals surface area contributed by atoms with Crippen LogP contribution < -0.4 is 10.6 Å². The van der Waals surface area contributed by atoms with Gasteiger partial charge < -0.3 is 10.6 Å². The number of nitrogens with one attached hydrogen (secondary N) is 2. The van der Waals surface area contributed by atoms with Crippen LogP contribution in [0, 0.1) is 12.3 Å². The van der Waals surface area contributed by atoms with Gasteiger partial charge in [-0.15, -0.1) is 18.9 Å². The Morgan fingerprint density at radius 2 is 1.41 bits per heavy atom. The smallest absolute Gasteiger partial charge is 0.221 e. The van der Waals surface area contributed by atoms with E-state index in [1.165, 1.54) is 0 Å². The van der Waals surface area contributed by atoms with Crippen LogP contribution in [-0.2, 0) is 9.59 Å². The lowest BCUT2D eigenvalue weighted by molar-refractivity contribution is -0.123. The Balaban J connectivity index is 0. The highest BCUT2D eigenvalue weighted by molar-refractivity contribution is 5.77. The van der Waals surface area contributed by atoms with Crippen molar-refractivity contribution in [1.29, 1.82) is 0 Å². The molecule has 4 nitrogen and oxygen atoms in total. The van der Waals surface area contributed by atoms with Crippen LogP contribution in [-0.4, -0.2) is 22.9 Å². The molecule has 0 radical (unpaired) electrons. The molecule has 0 bridgehead atoms. The summed E-state index contributed by atoms with van der Waals surface area (Å²) in [5.74, 6) is 2.54. The van der Waals surface area contributed by atoms with Crippen molar-refractivity contribution < 1.29 is 9.59 Å². The minimum atomic E-state index is -0.147. The van der Waals surface area contributed by atoms with Gasteiger partial charge in [-0.2, -0.15) is 0 Å². The van der Waals surface area contributed by atoms with E-state index in [4.69, 9.17) is 6.42 Å². The molecule has 2 N–H and O–H groups in total. The van der Waals surface area contributed by atoms with E-state index < -0.39 is 0 Å². The maximum atomic E-state index is 11.1. The monoisotopic (exact) mass is 308 g/mol. The van der Waals surface area contributed by atoms with Gasteiger partial charge in [-0.25, -0.2) is 0 Å². The van der Waals surface area contributed by atoms with Gasteiger partial charge in [0.15, 0.2) is 0 Å². The lowest BCUT2D eigenvalue weighted by Crippen LogP contribution is -2.40. The Morgan fingerprint density at radius 3 is 1.73 bits per heavy atom. The van der Waals surface area contributed by atoms with Gasteiger partial charge in [0.1, 0.15) is 0 Å². The predicted octanol–water partition coefficient (Wildman–Crippen LogP) is 3.18. The zero-order valence-corrected chi connectivity index (χ0v) is 15.0. The Morgan fingerprint density at radius 1 is 1.00 bits per heavy atom. The molecule has 0 aliphatic rings. The summed E-state index contributed by atoms with van der Waals surface area (Å²) in [5, 5.41) is 5.69. The third-order valence-corrected chi connectivity index (χ3v) is 2.10. The van der Waals surface area contributed by atoms with Crippen molar-refractivity contribution >= 4 is 11.8 Å². The van der Waals surface area contributed by atoms with E-state index in [2.05, 4.69) is 23.1 Å². The first-order valence-electron chi connectivity index (χ1n) is 7.57. The summed E-state index contributed by atoms with van der Waals surface area (Å²) in [6, 6.07) is 0. The molecule has 0 aromatic rings. The molecule has 0 fully saturated rings. The van der Waals surface area contributed by atoms with Gasteiger partial charge in [-0.05, 0) is 48.0 Å². The molecular weight excluding hydrogens is 276 g/mol. The minimum Gasteiger partial charge on any atom is -0.352 e. The van der Waals surface area contributed by atoms with Crippen molar-refractivity contribution in [3.8, 4) is 12.3 Å². The summed E-state index contributed by atoms with van der Waals surface area (Å²) in [5.41, 5.74) is -0.260. The van der Waals surface area contributed by atoms with Crippen LogP contribution in [0.2, 0.25) is 0 Å². The van der Waals surface area contributed by atoms with Gasteiger partial charge in [-0.3, -0.25) is 9.59 Å². The molecule has 0 aliphatic heterocycles. The first-order valence-corrected chi connectivity index (χ1v) is 7.57. The second-order valence-corrected chi connectivity index (χ2v) is 7.13. The maximum Gasteiger partial charge on any atom is 0.221 e. The fourth-order valence-electron chi connectivity index (χ4n) is 1.38. The van der Waals surface area contributed by atoms with Crippen LogP contribution in [0.3, 0.4) is 0 Å². The first kappa shape index (κ1) is 22.5. The van der Waals surface area contributed by atoms with Crippen molar-refractivity contribution in [3.63, 3.8) is 0 Å². The number of amides is 2. The van der Waals surface area contributed by atoms with Crippen LogP contribution in [0.15, 0.2) is 12.7 Å². The lowest BCUT2D eigenvalue weighted by Gasteiger charge is -2.20. The summed E-state index contributed by atoms with van der Waals surface area (Å²) < 4.78 is 0. The molecule has 0 unspecified atom stereocenters. The van der Waals surface area contributed by atoms with E-state index >= 15 is 0 Å². The normalized spacial score (nSPS) is 10.6. The van der Waals surface area contributed by atoms with Crippen LogP contribution in [0.1, 0.15) is 67.2 Å². The highest BCUT2D eigenvalue weighted by Gasteiger charge is 2.12. The van der Waals surface area contributed by atoms with E-state index in [0.29, 0.717) is 19.3 Å². The summed E-state index contributed by atoms with van der Waals surface area (Å²) >= 11 is 0. The number of carbonyl (C=O) groups excluding carboxylic acids is 2. The highest BCUT2D eigenvalue weighted by Crippen LogP contribution is 2.00. The molecule has 0 saturated heterocycles. The van der Waals surface area contributed by atoms with Crippen LogP contribution in [0.4, 0.5) is 0 Å². The lowest BCUT2D eigenvalue weighted by atomic mass is 10.1. The average molecular weight is 308 g/mol. The molecule has 0 rings (SSSR count). The largest absolute Gasteiger partial charge is 0.352 e. The molecule has 0 aromatic heterocycles. The number of allylic oxidation sites excluding steroid dienone is 1. The zero-order valence-electron chi connectivity index (χ0n) is 15.0. The molecule has 2 amide bonds. The summed E-state index contributed by atoms with van der Waals surface area (Å²) in [6.07, 6.45) is 9.00. The fraction of sp³-hybridized carbons (Fsp3) is 0.667. The SMILES string of the molecule is C#CCCC(=O)NC(C)(C)C.C=CCCC(=O)NC(C)(C)C. The van der Waals surface area contributed by atoms with Gasteiger partial charge in [0.05, 0.1) is 0 Å². The number of hydrogen-bond acceptors (Lipinski definition) is 2. The molecule has 0 spiro atoms. The Kier molecular flexibility index (Phi) is 11.2. The highest BCUT2D eigenvalue weighted by atomic mass is 16.2. The van der Waals surface area contributed by atoms with E-state index in [-0.39, 0.29) is 22.9 Å². The number of carbonyl (C=O) groups is 2. The summed E-state index contributed by atoms with van der Waals surface area (Å²) in [4.78, 5) is 22.1. The Bertz CT molecular complexity index is 393. The fourth-order valence-corrected chi connectivity index (χ4v) is 1.38. The Hall–Kier alpha value is -1.76. The van der Waals surface area contributed by atoms with Gasteiger partial charge in [0.25, 0.3) is 0 Å². The predicted molar refractivity (Wildman–Crippen MR) is 93.3 cm³/mol. The molecule has 22 heavy (non-hydrogen) atoms. The molecule has 0 aliphatic carbocycles. The third-order valence-electron chi connectivity index (χ3n) is 2.10. The molecule has 0 atom stereocenters. The molecule has 126 valence electrons. The van der Waals surface area contributed by atoms with Gasteiger partial charge in [0.2, 0.25) is 11.8 Å². The molecule has 4 heteroatoms. The molecule has 0 aromatic carbocycles. The zero-order chi connectivity index (χ0) is 17.8. The van der Waals surface area contributed by atoms with Crippen LogP contribution >= 0.6 is 0 Å². The van der Waals surface area contributed by atoms with Gasteiger partial charge in [-0.1, -0.05) is 6.08 Å². The van der Waals surface area contributed by atoms with E-state index in [0.717, 1.165) is 6.42 Å². The number of terminal acetylenes is 1. The van der Waals surface area contributed by atoms with Crippen molar-refractivity contribution in [2.75, 3.05) is 0 Å².